The molecule has 0 saturated carbocycles. The largest absolute Gasteiger partial charge is 0.507 e. The first-order valence-corrected chi connectivity index (χ1v) is 12.7. The molecule has 1 aromatic carbocycles. The highest BCUT2D eigenvalue weighted by molar-refractivity contribution is 5.97. The molecule has 0 saturated heterocycles. The number of nitrogens with zero attached hydrogens (tertiary/aromatic N) is 1. The second-order valence-electron chi connectivity index (χ2n) is 9.89. The number of phenolic OH excluding ortho intramolecular Hbond substituents is 1. The first-order valence-electron chi connectivity index (χ1n) is 12.7. The predicted molar refractivity (Wildman–Crippen MR) is 139 cm³/mol. The molecule has 11 nitrogen and oxygen atoms in total. The number of hydrogen-bond donors (Lipinski definition) is 4. The molecule has 2 rings (SSSR count). The fraction of sp³-hybridized carbons (Fsp3) is 0.615. The average Bonchev–Trinajstić information content (AvgIpc) is 3.11. The van der Waals surface area contributed by atoms with Gasteiger partial charge in [-0.1, -0.05) is 27.2 Å². The molecular formula is C26H40N4O7. The lowest BCUT2D eigenvalue weighted by Crippen LogP contribution is -2.49. The number of hydrogen-bond acceptors (Lipinski definition) is 9. The molecule has 11 heteroatoms. The maximum absolute atomic E-state index is 12.6. The summed E-state index contributed by atoms with van der Waals surface area (Å²) in [7, 11) is 0. The van der Waals surface area contributed by atoms with Crippen molar-refractivity contribution in [2.24, 2.45) is 10.4 Å². The van der Waals surface area contributed by atoms with Crippen molar-refractivity contribution in [1.82, 2.24) is 16.0 Å². The first-order chi connectivity index (χ1) is 17.6. The second kappa shape index (κ2) is 14.9. The van der Waals surface area contributed by atoms with Gasteiger partial charge in [0.15, 0.2) is 0 Å². The number of rotatable bonds is 11. The third-order valence-corrected chi connectivity index (χ3v) is 5.25. The van der Waals surface area contributed by atoms with Crippen LogP contribution in [-0.4, -0.2) is 74.4 Å². The Morgan fingerprint density at radius 2 is 1.92 bits per heavy atom. The van der Waals surface area contributed by atoms with Crippen LogP contribution >= 0.6 is 0 Å². The summed E-state index contributed by atoms with van der Waals surface area (Å²) in [4.78, 5) is 41.5. The first kappa shape index (κ1) is 29.7. The summed E-state index contributed by atoms with van der Waals surface area (Å²) in [5.41, 5.74) is -0.255. The number of carbonyl (C=O) groups excluding carboxylic acids is 3. The maximum atomic E-state index is 12.6. The summed E-state index contributed by atoms with van der Waals surface area (Å²) >= 11 is 0. The van der Waals surface area contributed by atoms with E-state index < -0.39 is 24.0 Å². The van der Waals surface area contributed by atoms with Gasteiger partial charge < -0.3 is 35.3 Å². The van der Waals surface area contributed by atoms with Gasteiger partial charge in [0.2, 0.25) is 0 Å². The number of esters is 1. The summed E-state index contributed by atoms with van der Waals surface area (Å²) in [5, 5.41) is 18.6. The second-order valence-corrected chi connectivity index (χ2v) is 9.89. The molecule has 4 N–H and O–H groups in total. The van der Waals surface area contributed by atoms with E-state index >= 15 is 0 Å². The van der Waals surface area contributed by atoms with Crippen LogP contribution in [0.4, 0.5) is 4.79 Å². The van der Waals surface area contributed by atoms with Crippen LogP contribution in [0.15, 0.2) is 23.2 Å². The normalized spacial score (nSPS) is 14.4. The molecule has 1 aromatic rings. The summed E-state index contributed by atoms with van der Waals surface area (Å²) in [6, 6.07) is 3.19. The molecule has 0 bridgehead atoms. The number of ether oxygens (including phenoxy) is 3. The number of aliphatic imine (C=N–C) groups is 1. The van der Waals surface area contributed by atoms with Crippen molar-refractivity contribution in [3.63, 3.8) is 0 Å². The lowest BCUT2D eigenvalue weighted by Gasteiger charge is -2.21. The summed E-state index contributed by atoms with van der Waals surface area (Å²) in [6.07, 6.45) is 3.57. The monoisotopic (exact) mass is 520 g/mol. The number of benzene rings is 1. The Kier molecular flexibility index (Phi) is 12.0. The van der Waals surface area contributed by atoms with Gasteiger partial charge in [-0.2, -0.15) is 0 Å². The fourth-order valence-corrected chi connectivity index (χ4v) is 3.37. The lowest BCUT2D eigenvalue weighted by molar-refractivity contribution is -0.145. The van der Waals surface area contributed by atoms with Crippen molar-refractivity contribution in [1.29, 1.82) is 0 Å². The van der Waals surface area contributed by atoms with Crippen LogP contribution in [0.25, 0.3) is 0 Å². The van der Waals surface area contributed by atoms with Crippen molar-refractivity contribution in [2.45, 2.75) is 59.4 Å². The standard InChI is InChI=1S/C26H40N4O7/c1-5-35-24(33)20(30-25(34)37-17-26(2,3)4)16-29-23(32)19-11-10-18(15-21(19)31)36-14-13-28-22-9-7-6-8-12-27-22/h10-11,15,20,31H,5-9,12-14,16-17H2,1-4H3,(H,27,28)(H,29,32)(H,30,34)/t20-/m0/s1. The van der Waals surface area contributed by atoms with Gasteiger partial charge in [-0.15, -0.1) is 0 Å². The molecule has 0 unspecified atom stereocenters. The van der Waals surface area contributed by atoms with Crippen LogP contribution in [0.5, 0.6) is 11.5 Å². The lowest BCUT2D eigenvalue weighted by atomic mass is 9.99. The van der Waals surface area contributed by atoms with Crippen LogP contribution in [0, 0.1) is 5.41 Å². The van der Waals surface area contributed by atoms with E-state index in [9.17, 15) is 19.5 Å². The number of alkyl carbamates (subject to hydrolysis) is 1. The number of amides is 2. The van der Waals surface area contributed by atoms with Crippen LogP contribution in [0.1, 0.15) is 63.7 Å². The molecule has 0 fully saturated rings. The van der Waals surface area contributed by atoms with E-state index in [-0.39, 0.29) is 36.5 Å². The van der Waals surface area contributed by atoms with Gasteiger partial charge >= 0.3 is 12.1 Å². The van der Waals surface area contributed by atoms with Crippen LogP contribution in [0.2, 0.25) is 0 Å². The third-order valence-electron chi connectivity index (χ3n) is 5.25. The van der Waals surface area contributed by atoms with E-state index in [1.54, 1.807) is 13.0 Å². The van der Waals surface area contributed by atoms with Crippen LogP contribution in [0.3, 0.4) is 0 Å². The quantitative estimate of drug-likeness (QED) is 0.257. The summed E-state index contributed by atoms with van der Waals surface area (Å²) in [5.74, 6) is -0.218. The van der Waals surface area contributed by atoms with E-state index in [2.05, 4.69) is 20.9 Å². The zero-order valence-corrected chi connectivity index (χ0v) is 22.2. The van der Waals surface area contributed by atoms with Crippen molar-refractivity contribution >= 4 is 23.8 Å². The van der Waals surface area contributed by atoms with E-state index in [0.717, 1.165) is 31.6 Å². The third kappa shape index (κ3) is 11.4. The number of carbonyl (C=O) groups is 3. The van der Waals surface area contributed by atoms with Gasteiger partial charge in [-0.25, -0.2) is 9.59 Å². The van der Waals surface area contributed by atoms with E-state index in [1.807, 2.05) is 20.8 Å². The number of nitrogens with one attached hydrogen (secondary N) is 3. The number of amidine groups is 1. The SMILES string of the molecule is CCOC(=O)[C@H](CNC(=O)c1ccc(OCCNC2=NCCCCC2)cc1O)NC(=O)OCC(C)(C)C. The molecule has 1 atom stereocenters. The maximum Gasteiger partial charge on any atom is 0.407 e. The number of phenols is 1. The minimum absolute atomic E-state index is 0.00351. The van der Waals surface area contributed by atoms with Crippen LogP contribution in [-0.2, 0) is 14.3 Å². The van der Waals surface area contributed by atoms with Gasteiger partial charge in [-0.05, 0) is 37.3 Å². The molecule has 1 aliphatic heterocycles. The van der Waals surface area contributed by atoms with Gasteiger partial charge in [0.05, 0.1) is 31.2 Å². The Bertz CT molecular complexity index is 943. The Balaban J connectivity index is 1.87. The Morgan fingerprint density at radius 1 is 1.14 bits per heavy atom. The molecule has 206 valence electrons. The number of aromatic hydroxyl groups is 1. The highest BCUT2D eigenvalue weighted by Crippen LogP contribution is 2.23. The van der Waals surface area contributed by atoms with Gasteiger partial charge in [0.25, 0.3) is 5.91 Å². The van der Waals surface area contributed by atoms with Crippen molar-refractivity contribution < 1.29 is 33.7 Å². The smallest absolute Gasteiger partial charge is 0.407 e. The van der Waals surface area contributed by atoms with Gasteiger partial charge in [-0.3, -0.25) is 9.79 Å². The highest BCUT2D eigenvalue weighted by Gasteiger charge is 2.25. The summed E-state index contributed by atoms with van der Waals surface area (Å²) in [6.45, 7) is 9.11. The van der Waals surface area contributed by atoms with Crippen molar-refractivity contribution in [2.75, 3.05) is 39.5 Å². The average molecular weight is 521 g/mol. The zero-order chi connectivity index (χ0) is 27.3. The molecule has 0 spiro atoms. The summed E-state index contributed by atoms with van der Waals surface area (Å²) < 4.78 is 15.8. The highest BCUT2D eigenvalue weighted by atomic mass is 16.6. The molecule has 37 heavy (non-hydrogen) atoms. The zero-order valence-electron chi connectivity index (χ0n) is 22.2. The fourth-order valence-electron chi connectivity index (χ4n) is 3.37. The molecule has 0 aliphatic carbocycles. The van der Waals surface area contributed by atoms with E-state index in [1.165, 1.54) is 18.6 Å². The van der Waals surface area contributed by atoms with Gasteiger partial charge in [0.1, 0.15) is 24.1 Å². The Morgan fingerprint density at radius 3 is 2.62 bits per heavy atom. The van der Waals surface area contributed by atoms with Crippen LogP contribution < -0.4 is 20.7 Å². The van der Waals surface area contributed by atoms with Gasteiger partial charge in [0, 0.05) is 25.6 Å². The van der Waals surface area contributed by atoms with E-state index in [0.29, 0.717) is 18.9 Å². The molecule has 1 aliphatic rings. The Labute approximate surface area is 218 Å². The predicted octanol–water partition coefficient (Wildman–Crippen LogP) is 2.77. The van der Waals surface area contributed by atoms with Crippen molar-refractivity contribution in [3.05, 3.63) is 23.8 Å². The Hall–Kier alpha value is -3.50. The van der Waals surface area contributed by atoms with E-state index in [4.69, 9.17) is 14.2 Å². The molecule has 1 heterocycles. The molecule has 0 aromatic heterocycles. The molecule has 2 amide bonds. The minimum Gasteiger partial charge on any atom is -0.507 e. The minimum atomic E-state index is -1.16. The molecule has 0 radical (unpaired) electrons. The van der Waals surface area contributed by atoms with Crippen molar-refractivity contribution in [3.8, 4) is 11.5 Å². The molecular weight excluding hydrogens is 480 g/mol. The topological polar surface area (TPSA) is 148 Å².